The van der Waals surface area contributed by atoms with Crippen molar-refractivity contribution in [1.29, 1.82) is 0 Å². The molecule has 0 spiro atoms. The average molecular weight is 223 g/mol. The Bertz CT molecular complexity index is 285. The van der Waals surface area contributed by atoms with Crippen molar-refractivity contribution in [2.75, 3.05) is 5.75 Å². The summed E-state index contributed by atoms with van der Waals surface area (Å²) in [6, 6.07) is 4.30. The van der Waals surface area contributed by atoms with E-state index < -0.39 is 0 Å². The molecule has 0 saturated carbocycles. The van der Waals surface area contributed by atoms with Gasteiger partial charge in [-0.25, -0.2) is 0 Å². The largest absolute Gasteiger partial charge is 0.271 e. The molecule has 0 aromatic carbocycles. The fraction of sp³-hybridized carbons (Fsp3) is 0.545. The Balaban J connectivity index is 2.09. The molecular weight excluding hydrogens is 206 g/mol. The molecule has 2 heterocycles. The molecule has 3 nitrogen and oxygen atoms in total. The van der Waals surface area contributed by atoms with Crippen LogP contribution in [0.2, 0.25) is 0 Å². The fourth-order valence-corrected chi connectivity index (χ4v) is 3.44. The lowest BCUT2D eigenvalue weighted by atomic mass is 10.0. The highest BCUT2D eigenvalue weighted by molar-refractivity contribution is 8.00. The van der Waals surface area contributed by atoms with Gasteiger partial charge in [-0.3, -0.25) is 16.3 Å². The predicted molar refractivity (Wildman–Crippen MR) is 64.4 cm³/mol. The number of nitrogens with zero attached hydrogens (tertiary/aromatic N) is 1. The van der Waals surface area contributed by atoms with E-state index >= 15 is 0 Å². The Morgan fingerprint density at radius 3 is 3.07 bits per heavy atom. The van der Waals surface area contributed by atoms with Gasteiger partial charge in [-0.1, -0.05) is 12.5 Å². The van der Waals surface area contributed by atoms with Crippen molar-refractivity contribution in [3.8, 4) is 0 Å². The second-order valence-corrected chi connectivity index (χ2v) is 5.18. The van der Waals surface area contributed by atoms with Gasteiger partial charge in [0.2, 0.25) is 0 Å². The molecule has 2 unspecified atom stereocenters. The van der Waals surface area contributed by atoms with E-state index in [-0.39, 0.29) is 6.04 Å². The van der Waals surface area contributed by atoms with Gasteiger partial charge in [0.15, 0.2) is 0 Å². The van der Waals surface area contributed by atoms with E-state index in [0.717, 1.165) is 0 Å². The molecule has 0 aliphatic carbocycles. The van der Waals surface area contributed by atoms with Crippen LogP contribution in [0.3, 0.4) is 0 Å². The van der Waals surface area contributed by atoms with Crippen LogP contribution in [0.4, 0.5) is 0 Å². The summed E-state index contributed by atoms with van der Waals surface area (Å²) in [7, 11) is 0. The number of hydrogen-bond donors (Lipinski definition) is 2. The zero-order chi connectivity index (χ0) is 10.5. The third kappa shape index (κ3) is 2.71. The monoisotopic (exact) mass is 223 g/mol. The Morgan fingerprint density at radius 2 is 2.47 bits per heavy atom. The average Bonchev–Trinajstić information content (AvgIpc) is 2.33. The van der Waals surface area contributed by atoms with E-state index in [0.29, 0.717) is 5.25 Å². The van der Waals surface area contributed by atoms with Gasteiger partial charge in [0.1, 0.15) is 0 Å². The molecule has 1 fully saturated rings. The molecule has 1 saturated heterocycles. The van der Waals surface area contributed by atoms with Crippen molar-refractivity contribution in [2.45, 2.75) is 30.6 Å². The zero-order valence-electron chi connectivity index (χ0n) is 8.73. The smallest absolute Gasteiger partial charge is 0.0593 e. The number of rotatable bonds is 3. The number of hydrogen-bond acceptors (Lipinski definition) is 4. The van der Waals surface area contributed by atoms with Gasteiger partial charge in [-0.2, -0.15) is 11.8 Å². The summed E-state index contributed by atoms with van der Waals surface area (Å²) < 4.78 is 0. The summed E-state index contributed by atoms with van der Waals surface area (Å²) in [5, 5.41) is 0.591. The highest BCUT2D eigenvalue weighted by Crippen LogP contribution is 2.33. The van der Waals surface area contributed by atoms with E-state index in [1.165, 1.54) is 30.6 Å². The number of thioether (sulfide) groups is 1. The highest BCUT2D eigenvalue weighted by Gasteiger charge is 2.24. The quantitative estimate of drug-likeness (QED) is 0.607. The topological polar surface area (TPSA) is 50.9 Å². The highest BCUT2D eigenvalue weighted by atomic mass is 32.2. The van der Waals surface area contributed by atoms with E-state index in [4.69, 9.17) is 5.84 Å². The van der Waals surface area contributed by atoms with Crippen LogP contribution < -0.4 is 11.3 Å². The number of nitrogens with two attached hydrogens (primary N) is 1. The summed E-state index contributed by atoms with van der Waals surface area (Å²) in [6.45, 7) is 0. The summed E-state index contributed by atoms with van der Waals surface area (Å²) in [5.41, 5.74) is 4.12. The van der Waals surface area contributed by atoms with E-state index in [2.05, 4.69) is 16.5 Å². The molecule has 4 heteroatoms. The van der Waals surface area contributed by atoms with Crippen LogP contribution >= 0.6 is 11.8 Å². The molecule has 3 N–H and O–H groups in total. The third-order valence-corrected chi connectivity index (χ3v) is 4.27. The van der Waals surface area contributed by atoms with Crippen LogP contribution in [0.15, 0.2) is 24.5 Å². The molecule has 0 amide bonds. The number of pyridine rings is 1. The lowest BCUT2D eigenvalue weighted by molar-refractivity contribution is 0.490. The minimum atomic E-state index is 0.240. The van der Waals surface area contributed by atoms with Crippen molar-refractivity contribution < 1.29 is 0 Å². The van der Waals surface area contributed by atoms with Crippen LogP contribution in [0.25, 0.3) is 0 Å². The maximum Gasteiger partial charge on any atom is 0.0593 e. The van der Waals surface area contributed by atoms with Gasteiger partial charge >= 0.3 is 0 Å². The molecule has 82 valence electrons. The number of nitrogens with one attached hydrogen (secondary N) is 1. The minimum Gasteiger partial charge on any atom is -0.271 e. The molecular formula is C11H17N3S. The van der Waals surface area contributed by atoms with Gasteiger partial charge in [-0.15, -0.1) is 0 Å². The maximum atomic E-state index is 5.64. The SMILES string of the molecule is NNC(c1cccnc1)C1CCCCS1. The summed E-state index contributed by atoms with van der Waals surface area (Å²) in [6.07, 6.45) is 7.60. The van der Waals surface area contributed by atoms with Crippen LogP contribution in [0, 0.1) is 0 Å². The molecule has 2 atom stereocenters. The van der Waals surface area contributed by atoms with Crippen molar-refractivity contribution in [2.24, 2.45) is 5.84 Å². The molecule has 0 radical (unpaired) electrons. The van der Waals surface area contributed by atoms with Gasteiger partial charge < -0.3 is 0 Å². The number of hydrazine groups is 1. The fourth-order valence-electron chi connectivity index (χ4n) is 2.01. The molecule has 2 rings (SSSR count). The van der Waals surface area contributed by atoms with Crippen LogP contribution in [0.1, 0.15) is 30.9 Å². The normalized spacial score (nSPS) is 23.7. The Kier molecular flexibility index (Phi) is 4.00. The molecule has 1 aromatic heterocycles. The van der Waals surface area contributed by atoms with Gasteiger partial charge in [-0.05, 0) is 30.2 Å². The van der Waals surface area contributed by atoms with Crippen molar-refractivity contribution in [3.05, 3.63) is 30.1 Å². The van der Waals surface area contributed by atoms with E-state index in [1.54, 1.807) is 6.20 Å². The first kappa shape index (κ1) is 10.9. The first-order valence-electron chi connectivity index (χ1n) is 5.39. The van der Waals surface area contributed by atoms with Crippen LogP contribution in [-0.4, -0.2) is 16.0 Å². The lowest BCUT2D eigenvalue weighted by Crippen LogP contribution is -2.36. The number of aromatic nitrogens is 1. The Morgan fingerprint density at radius 1 is 1.53 bits per heavy atom. The first-order chi connectivity index (χ1) is 7.42. The van der Waals surface area contributed by atoms with Crippen molar-refractivity contribution >= 4 is 11.8 Å². The van der Waals surface area contributed by atoms with E-state index in [1.807, 2.05) is 24.0 Å². The molecule has 15 heavy (non-hydrogen) atoms. The van der Waals surface area contributed by atoms with Crippen molar-refractivity contribution in [1.82, 2.24) is 10.4 Å². The van der Waals surface area contributed by atoms with Gasteiger partial charge in [0.25, 0.3) is 0 Å². The summed E-state index contributed by atoms with van der Waals surface area (Å²) >= 11 is 2.02. The molecule has 1 aliphatic heterocycles. The first-order valence-corrected chi connectivity index (χ1v) is 6.44. The zero-order valence-corrected chi connectivity index (χ0v) is 9.54. The molecule has 0 bridgehead atoms. The van der Waals surface area contributed by atoms with Gasteiger partial charge in [0, 0.05) is 17.6 Å². The van der Waals surface area contributed by atoms with E-state index in [9.17, 15) is 0 Å². The standard InChI is InChI=1S/C11H17N3S/c12-14-11(9-4-3-6-13-8-9)10-5-1-2-7-15-10/h3-4,6,8,10-11,14H,1-2,5,7,12H2. The Hall–Kier alpha value is -0.580. The van der Waals surface area contributed by atoms with Crippen LogP contribution in [0.5, 0.6) is 0 Å². The van der Waals surface area contributed by atoms with Crippen molar-refractivity contribution in [3.63, 3.8) is 0 Å². The predicted octanol–water partition coefficient (Wildman–Crippen LogP) is 1.87. The second kappa shape index (κ2) is 5.49. The minimum absolute atomic E-state index is 0.240. The Labute approximate surface area is 94.8 Å². The lowest BCUT2D eigenvalue weighted by Gasteiger charge is -2.29. The summed E-state index contributed by atoms with van der Waals surface area (Å²) in [4.78, 5) is 4.14. The molecule has 1 aliphatic rings. The second-order valence-electron chi connectivity index (χ2n) is 3.84. The maximum absolute atomic E-state index is 5.64. The summed E-state index contributed by atoms with van der Waals surface area (Å²) in [5.74, 6) is 6.90. The van der Waals surface area contributed by atoms with Gasteiger partial charge in [0.05, 0.1) is 6.04 Å². The molecule has 1 aromatic rings. The third-order valence-electron chi connectivity index (χ3n) is 2.81. The van der Waals surface area contributed by atoms with Crippen LogP contribution in [-0.2, 0) is 0 Å².